The number of rotatable bonds is 4. The van der Waals surface area contributed by atoms with Crippen LogP contribution in [0.5, 0.6) is 0 Å². The van der Waals surface area contributed by atoms with E-state index >= 15 is 0 Å². The number of halogens is 1. The van der Waals surface area contributed by atoms with Crippen molar-refractivity contribution in [1.29, 1.82) is 0 Å². The maximum absolute atomic E-state index is 11.2. The first-order chi connectivity index (χ1) is 9.38. The molecule has 2 rings (SSSR count). The smallest absolute Gasteiger partial charge is 0.239 e. The quantitative estimate of drug-likeness (QED) is 0.911. The molecule has 20 heavy (non-hydrogen) atoms. The Morgan fingerprint density at radius 2 is 1.95 bits per heavy atom. The van der Waals surface area contributed by atoms with Gasteiger partial charge in [-0.2, -0.15) is 0 Å². The number of hydrogen-bond acceptors (Lipinski definition) is 4. The molecule has 106 valence electrons. The molecule has 0 saturated carbocycles. The van der Waals surface area contributed by atoms with Gasteiger partial charge in [-0.3, -0.25) is 0 Å². The Bertz CT molecular complexity index is 702. The SMILES string of the molecule is CN(Cc1ccccc1Br)c1ccc(S(N)(=O)=O)cn1. The van der Waals surface area contributed by atoms with E-state index in [1.807, 2.05) is 36.2 Å². The van der Waals surface area contributed by atoms with Crippen LogP contribution in [0.3, 0.4) is 0 Å². The van der Waals surface area contributed by atoms with E-state index in [0.717, 1.165) is 10.0 Å². The molecule has 5 nitrogen and oxygen atoms in total. The van der Waals surface area contributed by atoms with Crippen LogP contribution in [0.4, 0.5) is 5.82 Å². The highest BCUT2D eigenvalue weighted by molar-refractivity contribution is 9.10. The van der Waals surface area contributed by atoms with E-state index in [1.54, 1.807) is 6.07 Å². The van der Waals surface area contributed by atoms with Gasteiger partial charge in [0.2, 0.25) is 10.0 Å². The monoisotopic (exact) mass is 355 g/mol. The molecule has 0 unspecified atom stereocenters. The molecule has 0 fully saturated rings. The van der Waals surface area contributed by atoms with Crippen LogP contribution in [0.25, 0.3) is 0 Å². The van der Waals surface area contributed by atoms with Crippen molar-refractivity contribution < 1.29 is 8.42 Å². The fourth-order valence-corrected chi connectivity index (χ4v) is 2.60. The van der Waals surface area contributed by atoms with Gasteiger partial charge in [0, 0.05) is 24.3 Å². The van der Waals surface area contributed by atoms with Crippen LogP contribution in [0.1, 0.15) is 5.56 Å². The normalized spacial score (nSPS) is 11.3. The fourth-order valence-electron chi connectivity index (χ4n) is 1.73. The molecule has 0 spiro atoms. The van der Waals surface area contributed by atoms with Crippen LogP contribution < -0.4 is 10.0 Å². The highest BCUT2D eigenvalue weighted by Crippen LogP contribution is 2.20. The summed E-state index contributed by atoms with van der Waals surface area (Å²) < 4.78 is 23.4. The number of anilines is 1. The van der Waals surface area contributed by atoms with Crippen molar-refractivity contribution >= 4 is 31.8 Å². The summed E-state index contributed by atoms with van der Waals surface area (Å²) in [5.41, 5.74) is 1.12. The molecule has 0 aliphatic carbocycles. The van der Waals surface area contributed by atoms with E-state index in [9.17, 15) is 8.42 Å². The lowest BCUT2D eigenvalue weighted by atomic mass is 10.2. The molecule has 0 saturated heterocycles. The summed E-state index contributed by atoms with van der Waals surface area (Å²) in [5, 5.41) is 5.04. The summed E-state index contributed by atoms with van der Waals surface area (Å²) in [6.07, 6.45) is 1.27. The lowest BCUT2D eigenvalue weighted by molar-refractivity contribution is 0.597. The Balaban J connectivity index is 2.18. The minimum absolute atomic E-state index is 0.00976. The van der Waals surface area contributed by atoms with E-state index in [4.69, 9.17) is 5.14 Å². The third-order valence-electron chi connectivity index (χ3n) is 2.81. The number of nitrogens with two attached hydrogens (primary N) is 1. The molecule has 0 radical (unpaired) electrons. The summed E-state index contributed by atoms with van der Waals surface area (Å²) in [6.45, 7) is 0.656. The predicted molar refractivity (Wildman–Crippen MR) is 81.9 cm³/mol. The Morgan fingerprint density at radius 3 is 2.50 bits per heavy atom. The van der Waals surface area contributed by atoms with Crippen molar-refractivity contribution in [3.8, 4) is 0 Å². The summed E-state index contributed by atoms with van der Waals surface area (Å²) in [7, 11) is -1.81. The van der Waals surface area contributed by atoms with Gasteiger partial charge in [0.05, 0.1) is 0 Å². The van der Waals surface area contributed by atoms with Gasteiger partial charge in [0.25, 0.3) is 0 Å². The third kappa shape index (κ3) is 3.56. The molecule has 1 aromatic heterocycles. The maximum atomic E-state index is 11.2. The van der Waals surface area contributed by atoms with Crippen LogP contribution in [0, 0.1) is 0 Å². The zero-order chi connectivity index (χ0) is 14.8. The van der Waals surface area contributed by atoms with E-state index in [-0.39, 0.29) is 4.90 Å². The van der Waals surface area contributed by atoms with Crippen LogP contribution in [-0.4, -0.2) is 20.4 Å². The second-order valence-electron chi connectivity index (χ2n) is 4.34. The first-order valence-electron chi connectivity index (χ1n) is 5.81. The van der Waals surface area contributed by atoms with Gasteiger partial charge in [-0.25, -0.2) is 18.5 Å². The lowest BCUT2D eigenvalue weighted by Crippen LogP contribution is -2.19. The van der Waals surface area contributed by atoms with Crippen LogP contribution in [0.2, 0.25) is 0 Å². The first kappa shape index (κ1) is 15.0. The van der Waals surface area contributed by atoms with Gasteiger partial charge < -0.3 is 4.90 Å². The minimum Gasteiger partial charge on any atom is -0.355 e. The van der Waals surface area contributed by atoms with Gasteiger partial charge in [-0.1, -0.05) is 34.1 Å². The van der Waals surface area contributed by atoms with Gasteiger partial charge >= 0.3 is 0 Å². The van der Waals surface area contributed by atoms with Gasteiger partial charge in [0.1, 0.15) is 10.7 Å². The number of primary sulfonamides is 1. The lowest BCUT2D eigenvalue weighted by Gasteiger charge is -2.19. The molecule has 1 heterocycles. The molecule has 0 aliphatic heterocycles. The van der Waals surface area contributed by atoms with Crippen LogP contribution in [0.15, 0.2) is 52.0 Å². The van der Waals surface area contributed by atoms with E-state index in [2.05, 4.69) is 20.9 Å². The fraction of sp³-hybridized carbons (Fsp3) is 0.154. The van der Waals surface area contributed by atoms with Crippen molar-refractivity contribution in [2.45, 2.75) is 11.4 Å². The molecular formula is C13H14BrN3O2S. The number of benzene rings is 1. The van der Waals surface area contributed by atoms with Crippen molar-refractivity contribution in [2.75, 3.05) is 11.9 Å². The van der Waals surface area contributed by atoms with Gasteiger partial charge in [-0.15, -0.1) is 0 Å². The predicted octanol–water partition coefficient (Wildman–Crippen LogP) is 2.13. The van der Waals surface area contributed by atoms with Crippen molar-refractivity contribution in [2.24, 2.45) is 5.14 Å². The number of hydrogen-bond donors (Lipinski definition) is 1. The highest BCUT2D eigenvalue weighted by atomic mass is 79.9. The highest BCUT2D eigenvalue weighted by Gasteiger charge is 2.10. The summed E-state index contributed by atoms with van der Waals surface area (Å²) >= 11 is 3.49. The number of aromatic nitrogens is 1. The van der Waals surface area contributed by atoms with Crippen molar-refractivity contribution in [3.63, 3.8) is 0 Å². The largest absolute Gasteiger partial charge is 0.355 e. The van der Waals surface area contributed by atoms with E-state index < -0.39 is 10.0 Å². The molecule has 0 aliphatic rings. The maximum Gasteiger partial charge on any atom is 0.239 e. The van der Waals surface area contributed by atoms with Crippen LogP contribution >= 0.6 is 15.9 Å². The van der Waals surface area contributed by atoms with Gasteiger partial charge in [-0.05, 0) is 23.8 Å². The summed E-state index contributed by atoms with van der Waals surface area (Å²) in [4.78, 5) is 6.06. The Kier molecular flexibility index (Phi) is 4.42. The van der Waals surface area contributed by atoms with Crippen molar-refractivity contribution in [1.82, 2.24) is 4.98 Å². The molecule has 2 N–H and O–H groups in total. The summed E-state index contributed by atoms with van der Waals surface area (Å²) in [5.74, 6) is 0.674. The third-order valence-corrected chi connectivity index (χ3v) is 4.48. The molecular weight excluding hydrogens is 342 g/mol. The van der Waals surface area contributed by atoms with Crippen LogP contribution in [-0.2, 0) is 16.6 Å². The molecule has 2 aromatic rings. The molecule has 0 bridgehead atoms. The zero-order valence-electron chi connectivity index (χ0n) is 10.8. The molecule has 0 amide bonds. The van der Waals surface area contributed by atoms with E-state index in [0.29, 0.717) is 12.4 Å². The topological polar surface area (TPSA) is 76.3 Å². The Hall–Kier alpha value is -1.44. The Morgan fingerprint density at radius 1 is 1.25 bits per heavy atom. The second kappa shape index (κ2) is 5.90. The summed E-state index contributed by atoms with van der Waals surface area (Å²) in [6, 6.07) is 11.0. The first-order valence-corrected chi connectivity index (χ1v) is 8.15. The molecule has 0 atom stereocenters. The Labute approximate surface area is 126 Å². The van der Waals surface area contributed by atoms with E-state index in [1.165, 1.54) is 12.3 Å². The standard InChI is InChI=1S/C13H14BrN3O2S/c1-17(9-10-4-2-3-5-12(10)14)13-7-6-11(8-16-13)20(15,18)19/h2-8H,9H2,1H3,(H2,15,18,19). The molecule has 7 heteroatoms. The van der Waals surface area contributed by atoms with Gasteiger partial charge in [0.15, 0.2) is 0 Å². The number of nitrogens with zero attached hydrogens (tertiary/aromatic N) is 2. The average Bonchev–Trinajstić information content (AvgIpc) is 2.40. The number of pyridine rings is 1. The minimum atomic E-state index is -3.70. The average molecular weight is 356 g/mol. The van der Waals surface area contributed by atoms with Crippen molar-refractivity contribution in [3.05, 3.63) is 52.6 Å². The molecule has 1 aromatic carbocycles. The zero-order valence-corrected chi connectivity index (χ0v) is 13.2. The second-order valence-corrected chi connectivity index (χ2v) is 6.76. The number of sulfonamides is 1.